The molecule has 0 bridgehead atoms. The molecule has 2 aliphatic rings. The highest BCUT2D eigenvalue weighted by Gasteiger charge is 2.39. The zero-order valence-corrected chi connectivity index (χ0v) is 16.4. The molecule has 4 rings (SSSR count). The number of rotatable bonds is 4. The summed E-state index contributed by atoms with van der Waals surface area (Å²) in [5, 5.41) is 0. The molecule has 27 heavy (non-hydrogen) atoms. The van der Waals surface area contributed by atoms with Crippen LogP contribution in [-0.2, 0) is 6.42 Å². The van der Waals surface area contributed by atoms with Gasteiger partial charge in [-0.05, 0) is 62.4 Å². The van der Waals surface area contributed by atoms with Crippen molar-refractivity contribution in [1.29, 1.82) is 0 Å². The second-order valence-electron chi connectivity index (χ2n) is 7.89. The minimum Gasteiger partial charge on any atom is -0.483 e. The van der Waals surface area contributed by atoms with Gasteiger partial charge in [-0.25, -0.2) is 0 Å². The Kier molecular flexibility index (Phi) is 5.33. The minimum absolute atomic E-state index is 0.0531. The Labute approximate surface area is 162 Å². The summed E-state index contributed by atoms with van der Waals surface area (Å²) >= 11 is 0. The van der Waals surface area contributed by atoms with Crippen molar-refractivity contribution in [2.45, 2.75) is 51.3 Å². The highest BCUT2D eigenvalue weighted by atomic mass is 16.5. The molecular weight excluding hydrogens is 332 g/mol. The number of hydrogen-bond acceptors (Lipinski definition) is 3. The summed E-state index contributed by atoms with van der Waals surface area (Å²) in [5.74, 6) is 0.973. The molecule has 3 nitrogen and oxygen atoms in total. The summed E-state index contributed by atoms with van der Waals surface area (Å²) in [5.41, 5.74) is 11.4. The number of hydrogen-bond donors (Lipinski definition) is 1. The van der Waals surface area contributed by atoms with Gasteiger partial charge in [-0.2, -0.15) is 0 Å². The third-order valence-corrected chi connectivity index (χ3v) is 5.97. The number of piperidine rings is 1. The molecule has 1 aliphatic carbocycles. The third kappa shape index (κ3) is 3.67. The average molecular weight is 363 g/mol. The van der Waals surface area contributed by atoms with E-state index in [0.717, 1.165) is 31.7 Å². The lowest BCUT2D eigenvalue weighted by molar-refractivity contribution is 0.0592. The Hall–Kier alpha value is -2.10. The lowest BCUT2D eigenvalue weighted by Crippen LogP contribution is -2.49. The van der Waals surface area contributed by atoms with Crippen LogP contribution in [0, 0.1) is 6.92 Å². The first-order chi connectivity index (χ1) is 13.2. The summed E-state index contributed by atoms with van der Waals surface area (Å²) < 4.78 is 6.73. The summed E-state index contributed by atoms with van der Waals surface area (Å²) in [4.78, 5) is 2.56. The van der Waals surface area contributed by atoms with E-state index in [-0.39, 0.29) is 12.1 Å². The molecule has 1 aliphatic heterocycles. The van der Waals surface area contributed by atoms with E-state index in [1.165, 1.54) is 28.7 Å². The van der Waals surface area contributed by atoms with Crippen LogP contribution in [-0.4, -0.2) is 30.1 Å². The third-order valence-electron chi connectivity index (χ3n) is 5.97. The molecule has 1 heterocycles. The molecule has 0 saturated carbocycles. The van der Waals surface area contributed by atoms with E-state index >= 15 is 0 Å². The fourth-order valence-corrected chi connectivity index (χ4v) is 4.61. The zero-order chi connectivity index (χ0) is 18.8. The van der Waals surface area contributed by atoms with Gasteiger partial charge in [0.1, 0.15) is 11.9 Å². The molecule has 3 atom stereocenters. The van der Waals surface area contributed by atoms with Crippen molar-refractivity contribution in [2.75, 3.05) is 13.1 Å². The van der Waals surface area contributed by atoms with E-state index in [0.29, 0.717) is 6.04 Å². The molecule has 142 valence electrons. The van der Waals surface area contributed by atoms with Crippen LogP contribution < -0.4 is 10.5 Å². The first-order valence-corrected chi connectivity index (χ1v) is 10.1. The van der Waals surface area contributed by atoms with Crippen molar-refractivity contribution in [3.63, 3.8) is 0 Å². The number of fused-ring (bicyclic) bond motifs is 1. The van der Waals surface area contributed by atoms with E-state index < -0.39 is 0 Å². The molecule has 0 unspecified atom stereocenters. The Morgan fingerprint density at radius 3 is 2.81 bits per heavy atom. The predicted octanol–water partition coefficient (Wildman–Crippen LogP) is 4.50. The van der Waals surface area contributed by atoms with Gasteiger partial charge >= 0.3 is 0 Å². The Bertz CT molecular complexity index is 829. The van der Waals surface area contributed by atoms with Gasteiger partial charge in [0.05, 0.1) is 6.04 Å². The predicted molar refractivity (Wildman–Crippen MR) is 112 cm³/mol. The highest BCUT2D eigenvalue weighted by Crippen LogP contribution is 2.40. The smallest absolute Gasteiger partial charge is 0.140 e. The van der Waals surface area contributed by atoms with Gasteiger partial charge in [0.15, 0.2) is 0 Å². The average Bonchev–Trinajstić information content (AvgIpc) is 3.03. The van der Waals surface area contributed by atoms with Crippen molar-refractivity contribution < 1.29 is 4.74 Å². The van der Waals surface area contributed by atoms with E-state index in [1.807, 2.05) is 0 Å². The van der Waals surface area contributed by atoms with Gasteiger partial charge < -0.3 is 10.5 Å². The van der Waals surface area contributed by atoms with Crippen molar-refractivity contribution in [3.8, 4) is 5.75 Å². The quantitative estimate of drug-likeness (QED) is 0.870. The number of benzene rings is 2. The second kappa shape index (κ2) is 7.87. The maximum absolute atomic E-state index is 6.73. The minimum atomic E-state index is 0.0531. The lowest BCUT2D eigenvalue weighted by Gasteiger charge is -2.38. The molecule has 2 aromatic carbocycles. The molecular formula is C24H30N2O. The van der Waals surface area contributed by atoms with Gasteiger partial charge in [0.25, 0.3) is 0 Å². The topological polar surface area (TPSA) is 38.5 Å². The fourth-order valence-electron chi connectivity index (χ4n) is 4.61. The van der Waals surface area contributed by atoms with Gasteiger partial charge in [-0.3, -0.25) is 4.90 Å². The van der Waals surface area contributed by atoms with Crippen LogP contribution in [0.2, 0.25) is 0 Å². The maximum Gasteiger partial charge on any atom is 0.140 e. The van der Waals surface area contributed by atoms with Crippen LogP contribution in [0.5, 0.6) is 5.75 Å². The first-order valence-electron chi connectivity index (χ1n) is 10.1. The van der Waals surface area contributed by atoms with Crippen LogP contribution in [0.3, 0.4) is 0 Å². The van der Waals surface area contributed by atoms with Crippen molar-refractivity contribution >= 4 is 6.08 Å². The Morgan fingerprint density at radius 1 is 1.15 bits per heavy atom. The number of ether oxygens (including phenoxy) is 1. The van der Waals surface area contributed by atoms with Crippen molar-refractivity contribution in [3.05, 3.63) is 70.8 Å². The van der Waals surface area contributed by atoms with Gasteiger partial charge in [-0.1, -0.05) is 48.6 Å². The molecule has 0 spiro atoms. The monoisotopic (exact) mass is 362 g/mol. The second-order valence-corrected chi connectivity index (χ2v) is 7.89. The molecule has 2 N–H and O–H groups in total. The summed E-state index contributed by atoms with van der Waals surface area (Å²) in [7, 11) is 0. The Morgan fingerprint density at radius 2 is 2.00 bits per heavy atom. The van der Waals surface area contributed by atoms with Gasteiger partial charge in [0.2, 0.25) is 0 Å². The van der Waals surface area contributed by atoms with Gasteiger partial charge in [0, 0.05) is 18.2 Å². The van der Waals surface area contributed by atoms with Crippen molar-refractivity contribution in [1.82, 2.24) is 4.90 Å². The van der Waals surface area contributed by atoms with Gasteiger partial charge in [-0.15, -0.1) is 0 Å². The largest absolute Gasteiger partial charge is 0.483 e. The molecule has 1 fully saturated rings. The van der Waals surface area contributed by atoms with E-state index in [1.54, 1.807) is 0 Å². The normalized spacial score (nSPS) is 25.7. The van der Waals surface area contributed by atoms with E-state index in [2.05, 4.69) is 73.4 Å². The molecule has 0 radical (unpaired) electrons. The summed E-state index contributed by atoms with van der Waals surface area (Å²) in [6, 6.07) is 15.7. The molecule has 1 saturated heterocycles. The Balaban J connectivity index is 1.68. The zero-order valence-electron chi connectivity index (χ0n) is 16.4. The van der Waals surface area contributed by atoms with Crippen LogP contribution in [0.1, 0.15) is 48.1 Å². The van der Waals surface area contributed by atoms with Crippen LogP contribution in [0.15, 0.2) is 48.5 Å². The van der Waals surface area contributed by atoms with Crippen LogP contribution in [0.4, 0.5) is 0 Å². The van der Waals surface area contributed by atoms with Crippen molar-refractivity contribution in [2.24, 2.45) is 5.73 Å². The SMILES string of the molecule is C/C=C\c1c(C)cccc1O[C@@H]1c2ccccc2C[C@H]1N1CCC[C@@H](N)C1. The van der Waals surface area contributed by atoms with Crippen LogP contribution >= 0.6 is 0 Å². The number of aryl methyl sites for hydroxylation is 1. The summed E-state index contributed by atoms with van der Waals surface area (Å²) in [6.07, 6.45) is 7.63. The number of likely N-dealkylation sites (tertiary alicyclic amines) is 1. The molecule has 0 amide bonds. The highest BCUT2D eigenvalue weighted by molar-refractivity contribution is 5.61. The molecule has 3 heteroatoms. The van der Waals surface area contributed by atoms with Crippen LogP contribution in [0.25, 0.3) is 6.08 Å². The fraction of sp³-hybridized carbons (Fsp3) is 0.417. The van der Waals surface area contributed by atoms with E-state index in [4.69, 9.17) is 10.5 Å². The number of nitrogens with zero attached hydrogens (tertiary/aromatic N) is 1. The van der Waals surface area contributed by atoms with E-state index in [9.17, 15) is 0 Å². The standard InChI is InChI=1S/C24H30N2O/c1-3-8-20-17(2)9-6-13-23(20)27-24-21-12-5-4-10-18(21)15-22(24)26-14-7-11-19(25)16-26/h3-6,8-10,12-13,19,22,24H,7,11,14-16,25H2,1-2H3/b8-3-/t19-,22-,24-/m1/s1. The number of nitrogens with two attached hydrogens (primary N) is 1. The molecule has 2 aromatic rings. The maximum atomic E-state index is 6.73. The lowest BCUT2D eigenvalue weighted by atomic mass is 10.0. The first kappa shape index (κ1) is 18.3. The molecule has 0 aromatic heterocycles. The number of allylic oxidation sites excluding steroid dienone is 1. The summed E-state index contributed by atoms with van der Waals surface area (Å²) in [6.45, 7) is 6.28.